The average Bonchev–Trinajstić information content (AvgIpc) is 2.83. The molecule has 0 aliphatic heterocycles. The van der Waals surface area contributed by atoms with Gasteiger partial charge in [0.2, 0.25) is 0 Å². The lowest BCUT2D eigenvalue weighted by Crippen LogP contribution is -2.22. The standard InChI is InChI=1S/C12H14ClN3S/c1-2-6-14-12(11-8-15-16-17-11)9-4-3-5-10(13)7-9/h3-5,7-8,12,14H,2,6H2,1H3. The van der Waals surface area contributed by atoms with Crippen molar-refractivity contribution >= 4 is 23.1 Å². The first-order chi connectivity index (χ1) is 8.31. The zero-order valence-corrected chi connectivity index (χ0v) is 11.1. The summed E-state index contributed by atoms with van der Waals surface area (Å²) in [6, 6.07) is 8.03. The Morgan fingerprint density at radius 1 is 1.47 bits per heavy atom. The number of hydrogen-bond acceptors (Lipinski definition) is 4. The quantitative estimate of drug-likeness (QED) is 0.903. The Hall–Kier alpha value is -0.970. The van der Waals surface area contributed by atoms with Gasteiger partial charge in [-0.1, -0.05) is 35.1 Å². The van der Waals surface area contributed by atoms with E-state index in [1.165, 1.54) is 11.5 Å². The number of halogens is 1. The van der Waals surface area contributed by atoms with Gasteiger partial charge in [0.05, 0.1) is 17.1 Å². The fourth-order valence-electron chi connectivity index (χ4n) is 1.66. The van der Waals surface area contributed by atoms with Crippen LogP contribution in [0.1, 0.15) is 29.8 Å². The highest BCUT2D eigenvalue weighted by Gasteiger charge is 2.15. The van der Waals surface area contributed by atoms with Crippen molar-refractivity contribution < 1.29 is 0 Å². The van der Waals surface area contributed by atoms with Gasteiger partial charge < -0.3 is 5.32 Å². The highest BCUT2D eigenvalue weighted by molar-refractivity contribution is 7.05. The van der Waals surface area contributed by atoms with E-state index in [0.29, 0.717) is 0 Å². The average molecular weight is 268 g/mol. The van der Waals surface area contributed by atoms with Gasteiger partial charge in [0.25, 0.3) is 0 Å². The summed E-state index contributed by atoms with van der Waals surface area (Å²) in [4.78, 5) is 1.11. The molecule has 0 radical (unpaired) electrons. The van der Waals surface area contributed by atoms with Crippen molar-refractivity contribution in [2.45, 2.75) is 19.4 Å². The lowest BCUT2D eigenvalue weighted by atomic mass is 10.1. The third-order valence-corrected chi connectivity index (χ3v) is 3.41. The minimum absolute atomic E-state index is 0.133. The summed E-state index contributed by atoms with van der Waals surface area (Å²) in [6.07, 6.45) is 2.89. The molecule has 17 heavy (non-hydrogen) atoms. The van der Waals surface area contributed by atoms with E-state index in [4.69, 9.17) is 11.6 Å². The molecule has 5 heteroatoms. The van der Waals surface area contributed by atoms with Crippen LogP contribution in [0.2, 0.25) is 5.02 Å². The molecule has 2 rings (SSSR count). The number of nitrogens with zero attached hydrogens (tertiary/aromatic N) is 2. The van der Waals surface area contributed by atoms with Crippen LogP contribution in [0.3, 0.4) is 0 Å². The van der Waals surface area contributed by atoms with Crippen LogP contribution in [0.15, 0.2) is 30.5 Å². The Balaban J connectivity index is 2.27. The summed E-state index contributed by atoms with van der Waals surface area (Å²) >= 11 is 7.44. The number of benzene rings is 1. The summed E-state index contributed by atoms with van der Waals surface area (Å²) in [5, 5.41) is 8.13. The van der Waals surface area contributed by atoms with Gasteiger partial charge in [-0.3, -0.25) is 0 Å². The van der Waals surface area contributed by atoms with Crippen LogP contribution in [0.4, 0.5) is 0 Å². The van der Waals surface area contributed by atoms with E-state index in [1.807, 2.05) is 18.2 Å². The second kappa shape index (κ2) is 6.10. The molecule has 1 N–H and O–H groups in total. The molecular weight excluding hydrogens is 254 g/mol. The molecule has 0 aliphatic carbocycles. The molecule has 90 valence electrons. The molecule has 0 aliphatic rings. The highest BCUT2D eigenvalue weighted by Crippen LogP contribution is 2.25. The number of nitrogens with one attached hydrogen (secondary N) is 1. The van der Waals surface area contributed by atoms with Gasteiger partial charge in [-0.2, -0.15) is 0 Å². The molecule has 0 saturated carbocycles. The normalized spacial score (nSPS) is 12.6. The molecule has 0 spiro atoms. The van der Waals surface area contributed by atoms with Gasteiger partial charge in [-0.25, -0.2) is 0 Å². The molecule has 1 aromatic heterocycles. The van der Waals surface area contributed by atoms with E-state index in [9.17, 15) is 0 Å². The Bertz CT molecular complexity index is 459. The van der Waals surface area contributed by atoms with E-state index in [-0.39, 0.29) is 6.04 Å². The molecule has 0 saturated heterocycles. The van der Waals surface area contributed by atoms with E-state index >= 15 is 0 Å². The van der Waals surface area contributed by atoms with Crippen molar-refractivity contribution in [2.24, 2.45) is 0 Å². The smallest absolute Gasteiger partial charge is 0.0704 e. The number of aromatic nitrogens is 2. The van der Waals surface area contributed by atoms with E-state index in [0.717, 1.165) is 28.4 Å². The summed E-state index contributed by atoms with van der Waals surface area (Å²) in [5.41, 5.74) is 1.15. The van der Waals surface area contributed by atoms with Crippen LogP contribution >= 0.6 is 23.1 Å². The molecule has 3 nitrogen and oxygen atoms in total. The minimum Gasteiger partial charge on any atom is -0.305 e. The van der Waals surface area contributed by atoms with Gasteiger partial charge in [0.15, 0.2) is 0 Å². The molecule has 1 heterocycles. The molecule has 2 aromatic rings. The second-order valence-corrected chi connectivity index (χ2v) is 5.02. The summed E-state index contributed by atoms with van der Waals surface area (Å²) in [5.74, 6) is 0. The van der Waals surface area contributed by atoms with E-state index in [2.05, 4.69) is 27.9 Å². The Labute approximate surface area is 110 Å². The second-order valence-electron chi connectivity index (χ2n) is 3.76. The largest absolute Gasteiger partial charge is 0.305 e. The monoisotopic (exact) mass is 267 g/mol. The van der Waals surface area contributed by atoms with Crippen molar-refractivity contribution in [2.75, 3.05) is 6.54 Å². The minimum atomic E-state index is 0.133. The van der Waals surface area contributed by atoms with E-state index in [1.54, 1.807) is 6.20 Å². The lowest BCUT2D eigenvalue weighted by Gasteiger charge is -2.16. The number of hydrogen-bond donors (Lipinski definition) is 1. The first-order valence-corrected chi connectivity index (χ1v) is 6.72. The topological polar surface area (TPSA) is 37.8 Å². The fourth-order valence-corrected chi connectivity index (χ4v) is 2.47. The highest BCUT2D eigenvalue weighted by atomic mass is 35.5. The Kier molecular flexibility index (Phi) is 4.48. The summed E-state index contributed by atoms with van der Waals surface area (Å²) in [7, 11) is 0. The van der Waals surface area contributed by atoms with Gasteiger partial charge in [-0.15, -0.1) is 5.10 Å². The van der Waals surface area contributed by atoms with Crippen LogP contribution in [-0.2, 0) is 0 Å². The maximum Gasteiger partial charge on any atom is 0.0704 e. The van der Waals surface area contributed by atoms with Crippen LogP contribution in [0, 0.1) is 0 Å². The number of rotatable bonds is 5. The zero-order chi connectivity index (χ0) is 12.1. The van der Waals surface area contributed by atoms with Crippen LogP contribution in [0.5, 0.6) is 0 Å². The zero-order valence-electron chi connectivity index (χ0n) is 9.56. The Morgan fingerprint density at radius 3 is 3.00 bits per heavy atom. The van der Waals surface area contributed by atoms with Crippen molar-refractivity contribution in [1.82, 2.24) is 14.9 Å². The van der Waals surface area contributed by atoms with Gasteiger partial charge in [0, 0.05) is 5.02 Å². The SMILES string of the molecule is CCCNC(c1cccc(Cl)c1)c1cnns1. The predicted octanol–water partition coefficient (Wildman–Crippen LogP) is 3.28. The Morgan fingerprint density at radius 2 is 2.35 bits per heavy atom. The molecule has 1 atom stereocenters. The van der Waals surface area contributed by atoms with Crippen LogP contribution in [-0.4, -0.2) is 16.1 Å². The van der Waals surface area contributed by atoms with Crippen LogP contribution in [0.25, 0.3) is 0 Å². The first kappa shape index (κ1) is 12.5. The molecule has 1 unspecified atom stereocenters. The molecule has 0 amide bonds. The first-order valence-electron chi connectivity index (χ1n) is 5.57. The molecular formula is C12H14ClN3S. The van der Waals surface area contributed by atoms with Gasteiger partial charge >= 0.3 is 0 Å². The lowest BCUT2D eigenvalue weighted by molar-refractivity contribution is 0.605. The summed E-state index contributed by atoms with van der Waals surface area (Å²) < 4.78 is 3.92. The van der Waals surface area contributed by atoms with Crippen molar-refractivity contribution in [1.29, 1.82) is 0 Å². The van der Waals surface area contributed by atoms with Crippen molar-refractivity contribution in [3.8, 4) is 0 Å². The van der Waals surface area contributed by atoms with E-state index < -0.39 is 0 Å². The maximum atomic E-state index is 6.03. The third-order valence-electron chi connectivity index (χ3n) is 2.44. The van der Waals surface area contributed by atoms with Crippen LogP contribution < -0.4 is 5.32 Å². The van der Waals surface area contributed by atoms with Crippen molar-refractivity contribution in [3.05, 3.63) is 45.9 Å². The maximum absolute atomic E-state index is 6.03. The van der Waals surface area contributed by atoms with Gasteiger partial charge in [-0.05, 0) is 42.2 Å². The molecule has 1 aromatic carbocycles. The van der Waals surface area contributed by atoms with Gasteiger partial charge in [0.1, 0.15) is 0 Å². The fraction of sp³-hybridized carbons (Fsp3) is 0.333. The third kappa shape index (κ3) is 3.25. The molecule has 0 fully saturated rings. The molecule has 0 bridgehead atoms. The predicted molar refractivity (Wildman–Crippen MR) is 71.5 cm³/mol. The summed E-state index contributed by atoms with van der Waals surface area (Å²) in [6.45, 7) is 3.10. The van der Waals surface area contributed by atoms with Crippen molar-refractivity contribution in [3.63, 3.8) is 0 Å².